The van der Waals surface area contributed by atoms with Crippen LogP contribution in [0.2, 0.25) is 10.0 Å². The minimum absolute atomic E-state index is 0.264. The summed E-state index contributed by atoms with van der Waals surface area (Å²) in [5.74, 6) is -0.457. The predicted molar refractivity (Wildman–Crippen MR) is 133 cm³/mol. The van der Waals surface area contributed by atoms with Crippen molar-refractivity contribution in [2.45, 2.75) is 30.3 Å². The molecule has 3 atom stereocenters. The van der Waals surface area contributed by atoms with Crippen LogP contribution in [0, 0.1) is 6.92 Å². The normalized spacial score (nSPS) is 19.6. The van der Waals surface area contributed by atoms with E-state index in [-0.39, 0.29) is 6.04 Å². The van der Waals surface area contributed by atoms with Crippen LogP contribution >= 0.6 is 23.2 Å². The van der Waals surface area contributed by atoms with E-state index < -0.39 is 23.0 Å². The number of aryl methyl sites for hydroxylation is 1. The van der Waals surface area contributed by atoms with E-state index in [2.05, 4.69) is 0 Å². The van der Waals surface area contributed by atoms with Crippen LogP contribution in [0.5, 0.6) is 0 Å². The Balaban J connectivity index is 1.93. The van der Waals surface area contributed by atoms with Gasteiger partial charge in [0.05, 0.1) is 29.7 Å². The zero-order chi connectivity index (χ0) is 23.5. The van der Waals surface area contributed by atoms with E-state index in [1.165, 1.54) is 7.11 Å². The van der Waals surface area contributed by atoms with E-state index >= 15 is 0 Å². The van der Waals surface area contributed by atoms with Gasteiger partial charge in [-0.15, -0.1) is 0 Å². The topological polar surface area (TPSA) is 46.6 Å². The number of benzene rings is 3. The summed E-state index contributed by atoms with van der Waals surface area (Å²) in [5, 5.41) is 1.16. The monoisotopic (exact) mass is 499 g/mol. The van der Waals surface area contributed by atoms with Gasteiger partial charge < -0.3 is 4.74 Å². The molecular weight excluding hydrogens is 477 g/mol. The first-order valence-corrected chi connectivity index (χ1v) is 12.3. The van der Waals surface area contributed by atoms with Crippen molar-refractivity contribution in [2.75, 3.05) is 7.11 Å². The number of rotatable bonds is 5. The van der Waals surface area contributed by atoms with Gasteiger partial charge >= 0.3 is 5.97 Å². The summed E-state index contributed by atoms with van der Waals surface area (Å²) in [6.45, 7) is 1.93. The van der Waals surface area contributed by atoms with Crippen LogP contribution in [-0.2, 0) is 20.5 Å². The number of methoxy groups -OCH3 is 1. The summed E-state index contributed by atoms with van der Waals surface area (Å²) in [4.78, 5) is 13.5. The molecule has 1 aliphatic heterocycles. The molecule has 7 heteroatoms. The fraction of sp³-hybridized carbons (Fsp3) is 0.192. The summed E-state index contributed by atoms with van der Waals surface area (Å²) in [5.41, 5.74) is 3.06. The lowest BCUT2D eigenvalue weighted by Crippen LogP contribution is -2.40. The van der Waals surface area contributed by atoms with Gasteiger partial charge in [-0.3, -0.25) is 0 Å². The van der Waals surface area contributed by atoms with Gasteiger partial charge in [0.2, 0.25) is 0 Å². The Labute approximate surface area is 206 Å². The van der Waals surface area contributed by atoms with Crippen LogP contribution < -0.4 is 0 Å². The number of ether oxygens (including phenoxy) is 1. The second kappa shape index (κ2) is 10.2. The molecule has 33 heavy (non-hydrogen) atoms. The zero-order valence-electron chi connectivity index (χ0n) is 18.2. The minimum atomic E-state index is -1.59. The van der Waals surface area contributed by atoms with Crippen molar-refractivity contribution >= 4 is 40.2 Å². The molecule has 4 nitrogen and oxygen atoms in total. The zero-order valence-corrected chi connectivity index (χ0v) is 20.5. The molecule has 0 saturated carbocycles. The summed E-state index contributed by atoms with van der Waals surface area (Å²) < 4.78 is 21.2. The Bertz CT molecular complexity index is 1230. The molecule has 0 fully saturated rings. The number of nitrogens with zero attached hydrogens (tertiary/aromatic N) is 1. The number of carbonyl (C=O) groups is 1. The van der Waals surface area contributed by atoms with Crippen molar-refractivity contribution < 1.29 is 13.7 Å². The highest BCUT2D eigenvalue weighted by Crippen LogP contribution is 2.45. The Kier molecular flexibility index (Phi) is 7.35. The molecule has 0 aromatic heterocycles. The largest absolute Gasteiger partial charge is 0.466 e. The smallest absolute Gasteiger partial charge is 0.335 e. The van der Waals surface area contributed by atoms with E-state index in [1.807, 2.05) is 78.0 Å². The summed E-state index contributed by atoms with van der Waals surface area (Å²) >= 11 is 12.5. The second-order valence-corrected chi connectivity index (χ2v) is 10.0. The van der Waals surface area contributed by atoms with Gasteiger partial charge in [0.15, 0.2) is 0 Å². The molecular formula is C26H23Cl2NO3S. The molecule has 0 amide bonds. The first kappa shape index (κ1) is 23.7. The Morgan fingerprint density at radius 1 is 0.970 bits per heavy atom. The molecule has 0 radical (unpaired) electrons. The van der Waals surface area contributed by atoms with E-state index in [4.69, 9.17) is 27.9 Å². The van der Waals surface area contributed by atoms with E-state index in [1.54, 1.807) is 12.1 Å². The number of carbonyl (C=O) groups excluding carboxylic acids is 1. The molecule has 3 aromatic rings. The van der Waals surface area contributed by atoms with Gasteiger partial charge in [-0.25, -0.2) is 13.3 Å². The second-order valence-electron chi connectivity index (χ2n) is 7.79. The molecule has 0 N–H and O–H groups in total. The van der Waals surface area contributed by atoms with Crippen molar-refractivity contribution in [3.05, 3.63) is 111 Å². The van der Waals surface area contributed by atoms with Crippen LogP contribution in [0.3, 0.4) is 0 Å². The Morgan fingerprint density at radius 2 is 1.70 bits per heavy atom. The fourth-order valence-electron chi connectivity index (χ4n) is 4.13. The molecule has 1 heterocycles. The third-order valence-electron chi connectivity index (χ3n) is 5.73. The highest BCUT2D eigenvalue weighted by Gasteiger charge is 2.41. The van der Waals surface area contributed by atoms with Gasteiger partial charge in [-0.05, 0) is 60.4 Å². The molecule has 0 saturated heterocycles. The van der Waals surface area contributed by atoms with Crippen LogP contribution in [-0.4, -0.2) is 21.6 Å². The Hall–Kier alpha value is -2.44. The highest BCUT2D eigenvalue weighted by molar-refractivity contribution is 7.82. The van der Waals surface area contributed by atoms with E-state index in [0.29, 0.717) is 26.9 Å². The first-order valence-electron chi connectivity index (χ1n) is 10.5. The summed E-state index contributed by atoms with van der Waals surface area (Å²) in [7, 11) is -0.232. The van der Waals surface area contributed by atoms with Crippen LogP contribution in [0.1, 0.15) is 35.2 Å². The lowest BCUT2D eigenvalue weighted by Gasteiger charge is -2.41. The van der Waals surface area contributed by atoms with Crippen LogP contribution in [0.15, 0.2) is 89.3 Å². The van der Waals surface area contributed by atoms with Gasteiger partial charge in [-0.2, -0.15) is 0 Å². The molecule has 1 aliphatic rings. The average Bonchev–Trinajstić information content (AvgIpc) is 2.83. The maximum Gasteiger partial charge on any atom is 0.335 e. The predicted octanol–water partition coefficient (Wildman–Crippen LogP) is 6.61. The van der Waals surface area contributed by atoms with E-state index in [0.717, 1.165) is 16.7 Å². The van der Waals surface area contributed by atoms with Gasteiger partial charge in [-0.1, -0.05) is 71.7 Å². The van der Waals surface area contributed by atoms with Gasteiger partial charge in [0.25, 0.3) is 0 Å². The van der Waals surface area contributed by atoms with Crippen molar-refractivity contribution in [2.24, 2.45) is 0 Å². The maximum atomic E-state index is 14.2. The standard InChI is InChI=1S/C26H23Cl2NO3S/c1-17-6-3-4-9-24(17)33(31)29-23(18-10-12-20(27)13-11-18)15-14-22(26(30)32-2)25(29)19-7-5-8-21(28)16-19/h3-14,16,23,25H,15H2,1-2H3. The lowest BCUT2D eigenvalue weighted by molar-refractivity contribution is -0.137. The van der Waals surface area contributed by atoms with Crippen molar-refractivity contribution in [1.82, 2.24) is 4.31 Å². The molecule has 4 rings (SSSR count). The van der Waals surface area contributed by atoms with Crippen molar-refractivity contribution in [3.63, 3.8) is 0 Å². The van der Waals surface area contributed by atoms with Crippen molar-refractivity contribution in [1.29, 1.82) is 0 Å². The highest BCUT2D eigenvalue weighted by atomic mass is 35.5. The fourth-order valence-corrected chi connectivity index (χ4v) is 6.09. The number of halogens is 2. The Morgan fingerprint density at radius 3 is 2.36 bits per heavy atom. The molecule has 3 unspecified atom stereocenters. The maximum absolute atomic E-state index is 14.2. The first-order chi connectivity index (χ1) is 15.9. The van der Waals surface area contributed by atoms with Gasteiger partial charge in [0.1, 0.15) is 11.0 Å². The quantitative estimate of drug-likeness (QED) is 0.371. The number of hydrogen-bond donors (Lipinski definition) is 0. The third kappa shape index (κ3) is 4.92. The number of esters is 1. The van der Waals surface area contributed by atoms with Crippen LogP contribution in [0.25, 0.3) is 0 Å². The molecule has 3 aromatic carbocycles. The SMILES string of the molecule is COC(=O)C1=CCC(c2ccc(Cl)cc2)N(S(=O)c2ccccc2C)C1c1cccc(Cl)c1. The summed E-state index contributed by atoms with van der Waals surface area (Å²) in [6.07, 6.45) is 2.36. The molecule has 0 bridgehead atoms. The summed E-state index contributed by atoms with van der Waals surface area (Å²) in [6, 6.07) is 21.5. The van der Waals surface area contributed by atoms with Crippen molar-refractivity contribution in [3.8, 4) is 0 Å². The van der Waals surface area contributed by atoms with Crippen LogP contribution in [0.4, 0.5) is 0 Å². The molecule has 0 aliphatic carbocycles. The number of hydrogen-bond acceptors (Lipinski definition) is 3. The third-order valence-corrected chi connectivity index (χ3v) is 7.90. The minimum Gasteiger partial charge on any atom is -0.466 e. The molecule has 0 spiro atoms. The lowest BCUT2D eigenvalue weighted by atomic mass is 9.89. The van der Waals surface area contributed by atoms with Gasteiger partial charge in [0, 0.05) is 10.0 Å². The average molecular weight is 500 g/mol. The molecule has 170 valence electrons. The van der Waals surface area contributed by atoms with E-state index in [9.17, 15) is 9.00 Å².